The average molecular weight is 418 g/mol. The van der Waals surface area contributed by atoms with Gasteiger partial charge in [0, 0.05) is 6.07 Å². The Kier molecular flexibility index (Phi) is 6.77. The van der Waals surface area contributed by atoms with E-state index in [0.717, 1.165) is 16.7 Å². The van der Waals surface area contributed by atoms with Gasteiger partial charge in [0.15, 0.2) is 6.61 Å². The highest BCUT2D eigenvalue weighted by molar-refractivity contribution is 5.96. The second kappa shape index (κ2) is 9.67. The van der Waals surface area contributed by atoms with Gasteiger partial charge in [-0.3, -0.25) is 19.7 Å². The quantitative estimate of drug-likeness (QED) is 0.345. The summed E-state index contributed by atoms with van der Waals surface area (Å²) in [5.74, 6) is -1.92. The lowest BCUT2D eigenvalue weighted by Crippen LogP contribution is -2.25. The van der Waals surface area contributed by atoms with Crippen LogP contribution in [-0.4, -0.2) is 23.4 Å². The lowest BCUT2D eigenvalue weighted by atomic mass is 9.91. The number of hydrogen-bond acceptors (Lipinski definition) is 5. The van der Waals surface area contributed by atoms with Crippen LogP contribution in [0.1, 0.15) is 28.2 Å². The number of hydrogen-bond donors (Lipinski definition) is 1. The number of anilines is 1. The topological polar surface area (TPSA) is 98.5 Å². The molecule has 1 amide bonds. The molecule has 0 heterocycles. The number of carbonyl (C=O) groups is 2. The molecule has 1 N–H and O–H groups in total. The van der Waals surface area contributed by atoms with E-state index in [9.17, 15) is 19.7 Å². The zero-order valence-corrected chi connectivity index (χ0v) is 17.2. The van der Waals surface area contributed by atoms with Gasteiger partial charge in [-0.2, -0.15) is 0 Å². The molecule has 3 aromatic carbocycles. The lowest BCUT2D eigenvalue weighted by molar-refractivity contribution is -0.384. The van der Waals surface area contributed by atoms with E-state index in [0.29, 0.717) is 5.56 Å². The molecule has 31 heavy (non-hydrogen) atoms. The summed E-state index contributed by atoms with van der Waals surface area (Å²) in [6.45, 7) is 2.92. The average Bonchev–Trinajstić information content (AvgIpc) is 2.77. The van der Waals surface area contributed by atoms with Crippen molar-refractivity contribution < 1.29 is 19.2 Å². The van der Waals surface area contributed by atoms with Gasteiger partial charge in [0.05, 0.1) is 4.92 Å². The molecule has 7 nitrogen and oxygen atoms in total. The number of amides is 1. The van der Waals surface area contributed by atoms with E-state index in [1.54, 1.807) is 19.9 Å². The van der Waals surface area contributed by atoms with Crippen LogP contribution in [0, 0.1) is 24.0 Å². The molecular weight excluding hydrogens is 396 g/mol. The minimum absolute atomic E-state index is 0.105. The number of aryl methyl sites for hydroxylation is 1. The van der Waals surface area contributed by atoms with E-state index in [-0.39, 0.29) is 11.4 Å². The zero-order valence-electron chi connectivity index (χ0n) is 17.2. The summed E-state index contributed by atoms with van der Waals surface area (Å²) in [5, 5.41) is 13.8. The maximum absolute atomic E-state index is 12.9. The molecule has 0 aromatic heterocycles. The second-order valence-electron chi connectivity index (χ2n) is 7.07. The number of carbonyl (C=O) groups excluding carboxylic acids is 2. The van der Waals surface area contributed by atoms with Crippen molar-refractivity contribution in [2.24, 2.45) is 0 Å². The predicted octanol–water partition coefficient (Wildman–Crippen LogP) is 4.53. The summed E-state index contributed by atoms with van der Waals surface area (Å²) < 4.78 is 5.30. The summed E-state index contributed by atoms with van der Waals surface area (Å²) in [7, 11) is 0. The number of rotatable bonds is 7. The molecule has 0 bridgehead atoms. The monoisotopic (exact) mass is 418 g/mol. The molecule has 0 unspecified atom stereocenters. The van der Waals surface area contributed by atoms with Crippen molar-refractivity contribution in [2.45, 2.75) is 19.8 Å². The van der Waals surface area contributed by atoms with Gasteiger partial charge in [-0.15, -0.1) is 0 Å². The minimum Gasteiger partial charge on any atom is -0.455 e. The van der Waals surface area contributed by atoms with Gasteiger partial charge >= 0.3 is 5.97 Å². The summed E-state index contributed by atoms with van der Waals surface area (Å²) in [6, 6.07) is 21.2. The van der Waals surface area contributed by atoms with Crippen LogP contribution in [0.25, 0.3) is 0 Å². The first-order chi connectivity index (χ1) is 14.9. The summed E-state index contributed by atoms with van der Waals surface area (Å²) in [4.78, 5) is 36.1. The van der Waals surface area contributed by atoms with Crippen LogP contribution < -0.4 is 5.32 Å². The number of esters is 1. The fourth-order valence-electron chi connectivity index (χ4n) is 3.26. The highest BCUT2D eigenvalue weighted by atomic mass is 16.6. The first-order valence-corrected chi connectivity index (χ1v) is 9.69. The van der Waals surface area contributed by atoms with Gasteiger partial charge in [-0.05, 0) is 36.1 Å². The molecule has 0 spiro atoms. The molecule has 0 aliphatic heterocycles. The molecule has 3 aromatic rings. The Bertz CT molecular complexity index is 1060. The van der Waals surface area contributed by atoms with Crippen LogP contribution in [0.3, 0.4) is 0 Å². The number of benzene rings is 3. The van der Waals surface area contributed by atoms with Crippen molar-refractivity contribution in [2.75, 3.05) is 11.9 Å². The summed E-state index contributed by atoms with van der Waals surface area (Å²) in [6.07, 6.45) is 0. The van der Waals surface area contributed by atoms with Gasteiger partial charge < -0.3 is 10.1 Å². The number of nitro groups is 1. The summed E-state index contributed by atoms with van der Waals surface area (Å²) in [5.41, 5.74) is 2.75. The van der Waals surface area contributed by atoms with Crippen LogP contribution in [-0.2, 0) is 14.3 Å². The number of nitrogens with one attached hydrogen (secondary N) is 1. The molecule has 0 aliphatic carbocycles. The molecule has 3 rings (SSSR count). The molecule has 158 valence electrons. The highest BCUT2D eigenvalue weighted by Crippen LogP contribution is 2.30. The van der Waals surface area contributed by atoms with Crippen molar-refractivity contribution in [3.05, 3.63) is 105 Å². The highest BCUT2D eigenvalue weighted by Gasteiger charge is 2.25. The van der Waals surface area contributed by atoms with E-state index >= 15 is 0 Å². The van der Waals surface area contributed by atoms with Gasteiger partial charge in [-0.1, -0.05) is 66.7 Å². The molecule has 0 saturated carbocycles. The van der Waals surface area contributed by atoms with Crippen molar-refractivity contribution in [3.63, 3.8) is 0 Å². The molecule has 0 atom stereocenters. The Morgan fingerprint density at radius 1 is 0.935 bits per heavy atom. The van der Waals surface area contributed by atoms with Crippen LogP contribution >= 0.6 is 0 Å². The Morgan fingerprint density at radius 3 is 2.00 bits per heavy atom. The standard InChI is InChI=1S/C24H22N2O5/c1-16-13-14-20(26(29)30)23(17(16)2)25-21(27)15-31-24(28)22(18-9-5-3-6-10-18)19-11-7-4-8-12-19/h3-14,22H,15H2,1-2H3,(H,25,27). The molecule has 0 aliphatic rings. The van der Waals surface area contributed by atoms with E-state index in [4.69, 9.17) is 4.74 Å². The largest absolute Gasteiger partial charge is 0.455 e. The third-order valence-corrected chi connectivity index (χ3v) is 5.02. The normalized spacial score (nSPS) is 10.5. The maximum atomic E-state index is 12.9. The van der Waals surface area contributed by atoms with Crippen LogP contribution in [0.4, 0.5) is 11.4 Å². The Hall–Kier alpha value is -4.00. The smallest absolute Gasteiger partial charge is 0.318 e. The zero-order chi connectivity index (χ0) is 22.4. The predicted molar refractivity (Wildman–Crippen MR) is 117 cm³/mol. The molecule has 7 heteroatoms. The van der Waals surface area contributed by atoms with Crippen molar-refractivity contribution in [1.82, 2.24) is 0 Å². The summed E-state index contributed by atoms with van der Waals surface area (Å²) >= 11 is 0. The Balaban J connectivity index is 1.76. The Morgan fingerprint density at radius 2 is 1.48 bits per heavy atom. The molecule has 0 fully saturated rings. The van der Waals surface area contributed by atoms with E-state index in [2.05, 4.69) is 5.32 Å². The first-order valence-electron chi connectivity index (χ1n) is 9.69. The van der Waals surface area contributed by atoms with E-state index < -0.39 is 29.3 Å². The molecular formula is C24H22N2O5. The van der Waals surface area contributed by atoms with Crippen LogP contribution in [0.5, 0.6) is 0 Å². The SMILES string of the molecule is Cc1ccc([N+](=O)[O-])c(NC(=O)COC(=O)C(c2ccccc2)c2ccccc2)c1C. The molecule has 0 saturated heterocycles. The third kappa shape index (κ3) is 5.14. The van der Waals surface area contributed by atoms with Gasteiger partial charge in [0.2, 0.25) is 0 Å². The number of nitrogens with zero attached hydrogens (tertiary/aromatic N) is 1. The van der Waals surface area contributed by atoms with Crippen LogP contribution in [0.2, 0.25) is 0 Å². The van der Waals surface area contributed by atoms with Gasteiger partial charge in [0.1, 0.15) is 11.6 Å². The van der Waals surface area contributed by atoms with Crippen molar-refractivity contribution in [1.29, 1.82) is 0 Å². The van der Waals surface area contributed by atoms with Gasteiger partial charge in [0.25, 0.3) is 11.6 Å². The van der Waals surface area contributed by atoms with Crippen LogP contribution in [0.15, 0.2) is 72.8 Å². The van der Waals surface area contributed by atoms with Crippen molar-refractivity contribution >= 4 is 23.3 Å². The molecule has 0 radical (unpaired) electrons. The van der Waals surface area contributed by atoms with Crippen molar-refractivity contribution in [3.8, 4) is 0 Å². The van der Waals surface area contributed by atoms with E-state index in [1.165, 1.54) is 6.07 Å². The first kappa shape index (κ1) is 21.7. The van der Waals surface area contributed by atoms with E-state index in [1.807, 2.05) is 60.7 Å². The third-order valence-electron chi connectivity index (χ3n) is 5.02. The lowest BCUT2D eigenvalue weighted by Gasteiger charge is -2.17. The fourth-order valence-corrected chi connectivity index (χ4v) is 3.26. The van der Waals surface area contributed by atoms with Gasteiger partial charge in [-0.25, -0.2) is 0 Å². The maximum Gasteiger partial charge on any atom is 0.318 e. The Labute approximate surface area is 179 Å². The number of nitro benzene ring substituents is 1. The number of ether oxygens (including phenoxy) is 1. The minimum atomic E-state index is -0.690. The second-order valence-corrected chi connectivity index (χ2v) is 7.07. The fraction of sp³-hybridized carbons (Fsp3) is 0.167.